The summed E-state index contributed by atoms with van der Waals surface area (Å²) in [6.07, 6.45) is 38.3. The Labute approximate surface area is 275 Å². The topological polar surface area (TPSA) is 52.6 Å². The van der Waals surface area contributed by atoms with Crippen LogP contribution in [0.5, 0.6) is 0 Å². The van der Waals surface area contributed by atoms with E-state index >= 15 is 0 Å². The Hall–Kier alpha value is -0.590. The van der Waals surface area contributed by atoms with Gasteiger partial charge in [0.2, 0.25) is 0 Å². The first kappa shape index (κ1) is 41.4. The lowest BCUT2D eigenvalue weighted by Gasteiger charge is -2.15. The SMILES string of the molecule is CCCCCCCC/C=C\CCCCCCCC(=O)OC[C@@H](CI)OC(=O)CCCCCCCCCCCCCCC. The quantitative estimate of drug-likeness (QED) is 0.0224. The second kappa shape index (κ2) is 34.9. The van der Waals surface area contributed by atoms with Crippen molar-refractivity contribution in [1.29, 1.82) is 0 Å². The summed E-state index contributed by atoms with van der Waals surface area (Å²) in [5, 5.41) is 0. The molecule has 0 aliphatic carbocycles. The number of ether oxygens (including phenoxy) is 2. The monoisotopic (exact) mass is 704 g/mol. The third-order valence-electron chi connectivity index (χ3n) is 8.03. The first-order chi connectivity index (χ1) is 20.6. The third-order valence-corrected chi connectivity index (χ3v) is 9.01. The van der Waals surface area contributed by atoms with Gasteiger partial charge in [-0.15, -0.1) is 0 Å². The molecular weight excluding hydrogens is 635 g/mol. The number of rotatable bonds is 33. The fraction of sp³-hybridized carbons (Fsp3) is 0.892. The average Bonchev–Trinajstić information content (AvgIpc) is 2.99. The molecule has 0 aliphatic rings. The molecule has 42 heavy (non-hydrogen) atoms. The summed E-state index contributed by atoms with van der Waals surface area (Å²) in [6, 6.07) is 0. The van der Waals surface area contributed by atoms with Gasteiger partial charge >= 0.3 is 11.9 Å². The van der Waals surface area contributed by atoms with E-state index in [4.69, 9.17) is 9.47 Å². The maximum atomic E-state index is 12.2. The van der Waals surface area contributed by atoms with Crippen molar-refractivity contribution in [1.82, 2.24) is 0 Å². The van der Waals surface area contributed by atoms with E-state index in [0.717, 1.165) is 25.7 Å². The van der Waals surface area contributed by atoms with Crippen molar-refractivity contribution >= 4 is 34.5 Å². The van der Waals surface area contributed by atoms with Gasteiger partial charge in [-0.25, -0.2) is 0 Å². The zero-order valence-electron chi connectivity index (χ0n) is 28.0. The second-order valence-corrected chi connectivity index (χ2v) is 13.2. The minimum Gasteiger partial charge on any atom is -0.462 e. The molecule has 0 aromatic carbocycles. The molecule has 5 heteroatoms. The number of carbonyl (C=O) groups excluding carboxylic acids is 2. The number of unbranched alkanes of at least 4 members (excludes halogenated alkanes) is 23. The Bertz CT molecular complexity index is 607. The molecule has 0 aliphatic heterocycles. The maximum absolute atomic E-state index is 12.2. The molecule has 0 fully saturated rings. The summed E-state index contributed by atoms with van der Waals surface area (Å²) in [7, 11) is 0. The molecule has 0 unspecified atom stereocenters. The van der Waals surface area contributed by atoms with Gasteiger partial charge in [0, 0.05) is 17.3 Å². The average molecular weight is 705 g/mol. The molecule has 0 N–H and O–H groups in total. The molecule has 248 valence electrons. The van der Waals surface area contributed by atoms with E-state index in [0.29, 0.717) is 17.3 Å². The minimum absolute atomic E-state index is 0.159. The van der Waals surface area contributed by atoms with Crippen molar-refractivity contribution in [3.05, 3.63) is 12.2 Å². The molecule has 0 spiro atoms. The first-order valence-corrected chi connectivity index (χ1v) is 19.7. The van der Waals surface area contributed by atoms with Crippen LogP contribution in [-0.2, 0) is 19.1 Å². The summed E-state index contributed by atoms with van der Waals surface area (Å²) >= 11 is 2.20. The lowest BCUT2D eigenvalue weighted by Crippen LogP contribution is -2.26. The summed E-state index contributed by atoms with van der Waals surface area (Å²) < 4.78 is 11.6. The number of hydrogen-bond acceptors (Lipinski definition) is 4. The van der Waals surface area contributed by atoms with Crippen molar-refractivity contribution in [2.75, 3.05) is 11.0 Å². The smallest absolute Gasteiger partial charge is 0.306 e. The molecule has 0 aromatic heterocycles. The molecule has 4 nitrogen and oxygen atoms in total. The van der Waals surface area contributed by atoms with E-state index in [1.54, 1.807) is 0 Å². The minimum atomic E-state index is -0.335. The Morgan fingerprint density at radius 2 is 0.881 bits per heavy atom. The van der Waals surface area contributed by atoms with E-state index < -0.39 is 0 Å². The Morgan fingerprint density at radius 1 is 0.524 bits per heavy atom. The summed E-state index contributed by atoms with van der Waals surface area (Å²) in [4.78, 5) is 24.3. The van der Waals surface area contributed by atoms with E-state index in [-0.39, 0.29) is 24.6 Å². The van der Waals surface area contributed by atoms with Crippen LogP contribution in [0.25, 0.3) is 0 Å². The number of carbonyl (C=O) groups is 2. The van der Waals surface area contributed by atoms with Gasteiger partial charge in [0.1, 0.15) is 12.7 Å². The van der Waals surface area contributed by atoms with Crippen molar-refractivity contribution in [2.45, 2.75) is 200 Å². The molecule has 0 bridgehead atoms. The van der Waals surface area contributed by atoms with Crippen LogP contribution in [0.2, 0.25) is 0 Å². The summed E-state index contributed by atoms with van der Waals surface area (Å²) in [5.41, 5.74) is 0. The molecule has 0 radical (unpaired) electrons. The molecule has 0 rings (SSSR count). The van der Waals surface area contributed by atoms with Crippen molar-refractivity contribution in [3.63, 3.8) is 0 Å². The van der Waals surface area contributed by atoms with Crippen LogP contribution in [0.15, 0.2) is 12.2 Å². The van der Waals surface area contributed by atoms with E-state index in [2.05, 4.69) is 48.6 Å². The number of halogens is 1. The molecule has 0 saturated heterocycles. The fourth-order valence-electron chi connectivity index (χ4n) is 5.24. The predicted octanol–water partition coefficient (Wildman–Crippen LogP) is 12.4. The molecule has 0 heterocycles. The van der Waals surface area contributed by atoms with Crippen LogP contribution >= 0.6 is 22.6 Å². The molecule has 0 aromatic rings. The van der Waals surface area contributed by atoms with Gasteiger partial charge < -0.3 is 9.47 Å². The molecule has 0 saturated carbocycles. The predicted molar refractivity (Wildman–Crippen MR) is 189 cm³/mol. The lowest BCUT2D eigenvalue weighted by atomic mass is 10.0. The van der Waals surface area contributed by atoms with E-state index in [1.807, 2.05) is 0 Å². The molecular formula is C37H69IO4. The van der Waals surface area contributed by atoms with Crippen LogP contribution in [0.4, 0.5) is 0 Å². The first-order valence-electron chi connectivity index (χ1n) is 18.2. The standard InChI is InChI=1S/C37H69IO4/c1-3-5-7-9-11-13-15-17-18-20-21-23-25-27-29-31-36(39)41-34-35(33-38)42-37(40)32-30-28-26-24-22-19-16-14-12-10-8-6-4-2/h17-18,35H,3-16,19-34H2,1-2H3/b18-17-/t35-/m1/s1. The highest BCUT2D eigenvalue weighted by Crippen LogP contribution is 2.14. The molecule has 0 amide bonds. The highest BCUT2D eigenvalue weighted by atomic mass is 127. The maximum Gasteiger partial charge on any atom is 0.306 e. The van der Waals surface area contributed by atoms with Gasteiger partial charge in [-0.2, -0.15) is 0 Å². The van der Waals surface area contributed by atoms with E-state index in [1.165, 1.54) is 141 Å². The van der Waals surface area contributed by atoms with Crippen LogP contribution in [0.3, 0.4) is 0 Å². The van der Waals surface area contributed by atoms with Gasteiger partial charge in [0.05, 0.1) is 0 Å². The summed E-state index contributed by atoms with van der Waals surface area (Å²) in [5.74, 6) is -0.330. The van der Waals surface area contributed by atoms with Crippen LogP contribution < -0.4 is 0 Å². The summed E-state index contributed by atoms with van der Waals surface area (Å²) in [6.45, 7) is 4.71. The van der Waals surface area contributed by atoms with Crippen LogP contribution in [0.1, 0.15) is 194 Å². The van der Waals surface area contributed by atoms with E-state index in [9.17, 15) is 9.59 Å². The van der Waals surface area contributed by atoms with Crippen LogP contribution in [0, 0.1) is 0 Å². The Morgan fingerprint density at radius 3 is 1.29 bits per heavy atom. The van der Waals surface area contributed by atoms with Crippen LogP contribution in [-0.4, -0.2) is 29.1 Å². The van der Waals surface area contributed by atoms with Gasteiger partial charge in [-0.3, -0.25) is 9.59 Å². The largest absolute Gasteiger partial charge is 0.462 e. The Balaban J connectivity index is 3.55. The van der Waals surface area contributed by atoms with Crippen molar-refractivity contribution in [2.24, 2.45) is 0 Å². The zero-order chi connectivity index (χ0) is 30.8. The van der Waals surface area contributed by atoms with Crippen molar-refractivity contribution in [3.8, 4) is 0 Å². The normalized spacial score (nSPS) is 12.2. The number of allylic oxidation sites excluding steroid dienone is 2. The zero-order valence-corrected chi connectivity index (χ0v) is 30.1. The van der Waals surface area contributed by atoms with Gasteiger partial charge in [0.25, 0.3) is 0 Å². The molecule has 1 atom stereocenters. The number of esters is 2. The highest BCUT2D eigenvalue weighted by molar-refractivity contribution is 14.1. The third kappa shape index (κ3) is 32.3. The highest BCUT2D eigenvalue weighted by Gasteiger charge is 2.15. The lowest BCUT2D eigenvalue weighted by molar-refractivity contribution is -0.157. The number of alkyl halides is 1. The van der Waals surface area contributed by atoms with Gasteiger partial charge in [0.15, 0.2) is 0 Å². The number of hydrogen-bond donors (Lipinski definition) is 0. The van der Waals surface area contributed by atoms with Crippen molar-refractivity contribution < 1.29 is 19.1 Å². The Kier molecular flexibility index (Phi) is 34.4. The second-order valence-electron chi connectivity index (χ2n) is 12.3. The van der Waals surface area contributed by atoms with Gasteiger partial charge in [-0.05, 0) is 38.5 Å². The fourth-order valence-corrected chi connectivity index (χ4v) is 5.67. The van der Waals surface area contributed by atoms with Gasteiger partial charge in [-0.1, -0.05) is 177 Å².